The molecule has 2 aromatic rings. The fraction of sp³-hybridized carbons (Fsp3) is 0.474. The van der Waals surface area contributed by atoms with E-state index in [-0.39, 0.29) is 24.5 Å². The maximum absolute atomic E-state index is 12.9. The van der Waals surface area contributed by atoms with Crippen LogP contribution in [0.3, 0.4) is 0 Å². The van der Waals surface area contributed by atoms with Crippen molar-refractivity contribution in [2.45, 2.75) is 18.9 Å². The quantitative estimate of drug-likeness (QED) is 0.845. The fourth-order valence-electron chi connectivity index (χ4n) is 3.28. The summed E-state index contributed by atoms with van der Waals surface area (Å²) >= 11 is 0. The Kier molecular flexibility index (Phi) is 5.58. The van der Waals surface area contributed by atoms with Gasteiger partial charge in [0, 0.05) is 25.0 Å². The van der Waals surface area contributed by atoms with Gasteiger partial charge < -0.3 is 19.2 Å². The van der Waals surface area contributed by atoms with E-state index < -0.39 is 5.97 Å². The lowest BCUT2D eigenvalue weighted by Crippen LogP contribution is -2.50. The largest absolute Gasteiger partial charge is 0.480 e. The molecule has 7 nitrogen and oxygen atoms in total. The van der Waals surface area contributed by atoms with E-state index in [9.17, 15) is 9.59 Å². The molecular formula is C19H24N2O5. The van der Waals surface area contributed by atoms with Gasteiger partial charge in [0.1, 0.15) is 11.3 Å². The Bertz CT molecular complexity index is 754. The van der Waals surface area contributed by atoms with Gasteiger partial charge in [0.05, 0.1) is 25.2 Å². The highest BCUT2D eigenvalue weighted by atomic mass is 16.5. The Labute approximate surface area is 152 Å². The summed E-state index contributed by atoms with van der Waals surface area (Å²) in [7, 11) is 1.73. The lowest BCUT2D eigenvalue weighted by atomic mass is 10.1. The molecule has 3 rings (SSSR count). The molecule has 1 aromatic heterocycles. The van der Waals surface area contributed by atoms with E-state index >= 15 is 0 Å². The molecular weight excluding hydrogens is 336 g/mol. The van der Waals surface area contributed by atoms with E-state index in [0.29, 0.717) is 32.0 Å². The van der Waals surface area contributed by atoms with E-state index in [0.717, 1.165) is 11.0 Å². The van der Waals surface area contributed by atoms with E-state index in [2.05, 4.69) is 0 Å². The van der Waals surface area contributed by atoms with Crippen molar-refractivity contribution in [3.8, 4) is 0 Å². The number of carbonyl (C=O) groups excluding carboxylic acids is 1. The molecule has 2 heterocycles. The van der Waals surface area contributed by atoms with Gasteiger partial charge in [-0.2, -0.15) is 0 Å². The Morgan fingerprint density at radius 2 is 2.15 bits per heavy atom. The first-order chi connectivity index (χ1) is 12.4. The van der Waals surface area contributed by atoms with Crippen molar-refractivity contribution in [3.05, 3.63) is 36.1 Å². The smallest absolute Gasteiger partial charge is 0.317 e. The fourth-order valence-corrected chi connectivity index (χ4v) is 3.28. The van der Waals surface area contributed by atoms with Gasteiger partial charge in [-0.1, -0.05) is 18.2 Å². The number of carboxylic acid groups (broad SMARTS) is 1. The average Bonchev–Trinajstić information content (AvgIpc) is 3.04. The summed E-state index contributed by atoms with van der Waals surface area (Å²) < 4.78 is 11.5. The van der Waals surface area contributed by atoms with Gasteiger partial charge in [0.15, 0.2) is 0 Å². The Hall–Kier alpha value is -2.38. The number of likely N-dealkylation sites (N-methyl/N-ethyl adjacent to an activating group) is 1. The second kappa shape index (κ2) is 7.88. The van der Waals surface area contributed by atoms with Crippen LogP contribution in [0.5, 0.6) is 0 Å². The standard InChI is InChI=1S/C19H24N2O5/c1-13(17-9-14-5-3-4-6-16(14)26-17)19(24)21-7-8-25-15(11-21)10-20(2)12-18(22)23/h3-6,9,13,15H,7-8,10-12H2,1-2H3,(H,22,23). The summed E-state index contributed by atoms with van der Waals surface area (Å²) in [6.07, 6.45) is -0.195. The number of ether oxygens (including phenoxy) is 1. The minimum Gasteiger partial charge on any atom is -0.480 e. The minimum absolute atomic E-state index is 0.00163. The zero-order valence-electron chi connectivity index (χ0n) is 15.1. The maximum atomic E-state index is 12.9. The second-order valence-electron chi connectivity index (χ2n) is 6.78. The number of carbonyl (C=O) groups is 2. The van der Waals surface area contributed by atoms with Crippen LogP contribution in [0.25, 0.3) is 11.0 Å². The number of morpholine rings is 1. The van der Waals surface area contributed by atoms with E-state index in [4.69, 9.17) is 14.3 Å². The third-order valence-corrected chi connectivity index (χ3v) is 4.61. The van der Waals surface area contributed by atoms with Gasteiger partial charge >= 0.3 is 5.97 Å². The van der Waals surface area contributed by atoms with Gasteiger partial charge in [-0.15, -0.1) is 0 Å². The van der Waals surface area contributed by atoms with Crippen LogP contribution in [0.2, 0.25) is 0 Å². The second-order valence-corrected chi connectivity index (χ2v) is 6.78. The number of fused-ring (bicyclic) bond motifs is 1. The number of aliphatic carboxylic acids is 1. The summed E-state index contributed by atoms with van der Waals surface area (Å²) in [6, 6.07) is 9.61. The predicted octanol–water partition coefficient (Wildman–Crippen LogP) is 1.78. The molecule has 0 spiro atoms. The van der Waals surface area contributed by atoms with Crippen LogP contribution in [0, 0.1) is 0 Å². The first-order valence-electron chi connectivity index (χ1n) is 8.73. The van der Waals surface area contributed by atoms with E-state index in [1.165, 1.54) is 0 Å². The van der Waals surface area contributed by atoms with Gasteiger partial charge in [-0.25, -0.2) is 0 Å². The number of furan rings is 1. The number of benzene rings is 1. The number of hydrogen-bond donors (Lipinski definition) is 1. The molecule has 0 saturated carbocycles. The Morgan fingerprint density at radius 1 is 1.38 bits per heavy atom. The van der Waals surface area contributed by atoms with Crippen LogP contribution in [0.1, 0.15) is 18.6 Å². The van der Waals surface area contributed by atoms with Gasteiger partial charge in [0.2, 0.25) is 5.91 Å². The van der Waals surface area contributed by atoms with Gasteiger partial charge in [-0.05, 0) is 26.1 Å². The molecule has 1 fully saturated rings. The molecule has 1 N–H and O–H groups in total. The van der Waals surface area contributed by atoms with Crippen LogP contribution in [0.4, 0.5) is 0 Å². The van der Waals surface area contributed by atoms with Gasteiger partial charge in [-0.3, -0.25) is 14.5 Å². The molecule has 2 unspecified atom stereocenters. The molecule has 140 valence electrons. The SMILES string of the molecule is CC(C(=O)N1CCOC(CN(C)CC(=O)O)C1)c1cc2ccccc2o1. The molecule has 1 aliphatic rings. The average molecular weight is 360 g/mol. The molecule has 0 aliphatic carbocycles. The molecule has 1 amide bonds. The van der Waals surface area contributed by atoms with Crippen LogP contribution >= 0.6 is 0 Å². The molecule has 7 heteroatoms. The number of hydrogen-bond acceptors (Lipinski definition) is 5. The molecule has 1 saturated heterocycles. The molecule has 0 bridgehead atoms. The van der Waals surface area contributed by atoms with Crippen molar-refractivity contribution in [1.82, 2.24) is 9.80 Å². The monoisotopic (exact) mass is 360 g/mol. The van der Waals surface area contributed by atoms with Gasteiger partial charge in [0.25, 0.3) is 0 Å². The molecule has 2 atom stereocenters. The zero-order valence-corrected chi connectivity index (χ0v) is 15.1. The summed E-state index contributed by atoms with van der Waals surface area (Å²) in [5, 5.41) is 9.84. The highest BCUT2D eigenvalue weighted by Gasteiger charge is 2.30. The Balaban J connectivity index is 1.63. The number of para-hydroxylation sites is 1. The lowest BCUT2D eigenvalue weighted by molar-refractivity contribution is -0.143. The van der Waals surface area contributed by atoms with Crippen molar-refractivity contribution in [1.29, 1.82) is 0 Å². The summed E-state index contributed by atoms with van der Waals surface area (Å²) in [6.45, 7) is 3.69. The third-order valence-electron chi connectivity index (χ3n) is 4.61. The number of carboxylic acids is 1. The first kappa shape index (κ1) is 18.4. The van der Waals surface area contributed by atoms with E-state index in [1.807, 2.05) is 37.3 Å². The van der Waals surface area contributed by atoms with Crippen molar-refractivity contribution in [3.63, 3.8) is 0 Å². The van der Waals surface area contributed by atoms with Crippen molar-refractivity contribution in [2.24, 2.45) is 0 Å². The van der Waals surface area contributed by atoms with Crippen molar-refractivity contribution in [2.75, 3.05) is 39.8 Å². The molecule has 0 radical (unpaired) electrons. The first-order valence-corrected chi connectivity index (χ1v) is 8.73. The van der Waals surface area contributed by atoms with Crippen LogP contribution in [-0.2, 0) is 14.3 Å². The van der Waals surface area contributed by atoms with Crippen molar-refractivity contribution >= 4 is 22.8 Å². The third kappa shape index (κ3) is 4.23. The number of nitrogens with zero attached hydrogens (tertiary/aromatic N) is 2. The number of amides is 1. The zero-order chi connectivity index (χ0) is 18.7. The minimum atomic E-state index is -0.880. The summed E-state index contributed by atoms with van der Waals surface area (Å²) in [4.78, 5) is 27.1. The van der Waals surface area contributed by atoms with Crippen molar-refractivity contribution < 1.29 is 23.8 Å². The summed E-state index contributed by atoms with van der Waals surface area (Å²) in [5.41, 5.74) is 0.775. The Morgan fingerprint density at radius 3 is 2.88 bits per heavy atom. The molecule has 1 aliphatic heterocycles. The topological polar surface area (TPSA) is 83.2 Å². The lowest BCUT2D eigenvalue weighted by Gasteiger charge is -2.35. The van der Waals surface area contributed by atoms with E-state index in [1.54, 1.807) is 16.8 Å². The van der Waals surface area contributed by atoms with Crippen LogP contribution in [-0.4, -0.2) is 72.7 Å². The highest BCUT2D eigenvalue weighted by Crippen LogP contribution is 2.26. The number of rotatable bonds is 6. The van der Waals surface area contributed by atoms with Crippen LogP contribution < -0.4 is 0 Å². The van der Waals surface area contributed by atoms with Crippen LogP contribution in [0.15, 0.2) is 34.7 Å². The summed E-state index contributed by atoms with van der Waals surface area (Å²) in [5.74, 6) is -0.604. The molecule has 1 aromatic carbocycles. The highest BCUT2D eigenvalue weighted by molar-refractivity contribution is 5.85. The predicted molar refractivity (Wildman–Crippen MR) is 96.1 cm³/mol. The normalized spacial score (nSPS) is 19.0. The molecule has 26 heavy (non-hydrogen) atoms. The maximum Gasteiger partial charge on any atom is 0.317 e.